The van der Waals surface area contributed by atoms with Gasteiger partial charge in [0.1, 0.15) is 0 Å². The summed E-state index contributed by atoms with van der Waals surface area (Å²) < 4.78 is 1.58. The number of anilines is 1. The molecule has 0 unspecified atom stereocenters. The maximum absolute atomic E-state index is 6.00. The minimum absolute atomic E-state index is 0.448. The molecule has 7 heteroatoms. The Bertz CT molecular complexity index is 725. The van der Waals surface area contributed by atoms with E-state index in [2.05, 4.69) is 25.4 Å². The standard InChI is InChI=1S/C13H11ClN6/c1-15-12-17-11(9-4-2-5-10(14)8-9)18-13(19-12)20-7-3-6-16-20/h2-8H,1H3,(H,15,17,18,19). The summed E-state index contributed by atoms with van der Waals surface area (Å²) in [5.74, 6) is 1.46. The molecule has 0 aliphatic carbocycles. The molecule has 3 aromatic rings. The number of nitrogens with one attached hydrogen (secondary N) is 1. The Kier molecular flexibility index (Phi) is 3.30. The molecule has 6 nitrogen and oxygen atoms in total. The number of hydrogen-bond acceptors (Lipinski definition) is 5. The number of rotatable bonds is 3. The number of hydrogen-bond donors (Lipinski definition) is 1. The van der Waals surface area contributed by atoms with E-state index in [0.29, 0.717) is 22.7 Å². The Morgan fingerprint density at radius 2 is 2.05 bits per heavy atom. The Morgan fingerprint density at radius 1 is 1.15 bits per heavy atom. The Morgan fingerprint density at radius 3 is 2.75 bits per heavy atom. The molecule has 0 saturated carbocycles. The predicted octanol–water partition coefficient (Wildman–Crippen LogP) is 2.42. The first-order valence-corrected chi connectivity index (χ1v) is 6.34. The van der Waals surface area contributed by atoms with E-state index >= 15 is 0 Å². The second kappa shape index (κ2) is 5.26. The molecule has 0 amide bonds. The second-order valence-corrected chi connectivity index (χ2v) is 4.43. The highest BCUT2D eigenvalue weighted by Crippen LogP contribution is 2.20. The molecule has 0 aliphatic heterocycles. The van der Waals surface area contributed by atoms with Crippen LogP contribution in [0.15, 0.2) is 42.7 Å². The fraction of sp³-hybridized carbons (Fsp3) is 0.0769. The summed E-state index contributed by atoms with van der Waals surface area (Å²) in [5, 5.41) is 7.68. The van der Waals surface area contributed by atoms with Crippen molar-refractivity contribution in [3.05, 3.63) is 47.7 Å². The van der Waals surface area contributed by atoms with Crippen molar-refractivity contribution in [1.82, 2.24) is 24.7 Å². The SMILES string of the molecule is CNc1nc(-c2cccc(Cl)c2)nc(-n2cccn2)n1. The smallest absolute Gasteiger partial charge is 0.255 e. The van der Waals surface area contributed by atoms with Crippen molar-refractivity contribution in [1.29, 1.82) is 0 Å². The van der Waals surface area contributed by atoms with E-state index in [1.54, 1.807) is 30.2 Å². The zero-order chi connectivity index (χ0) is 13.9. The molecule has 2 aromatic heterocycles. The fourth-order valence-electron chi connectivity index (χ4n) is 1.72. The molecule has 0 fully saturated rings. The van der Waals surface area contributed by atoms with Crippen LogP contribution in [0.2, 0.25) is 5.02 Å². The molecule has 0 spiro atoms. The summed E-state index contributed by atoms with van der Waals surface area (Å²) in [6.45, 7) is 0. The van der Waals surface area contributed by atoms with Crippen molar-refractivity contribution >= 4 is 17.5 Å². The van der Waals surface area contributed by atoms with Gasteiger partial charge in [-0.15, -0.1) is 0 Å². The van der Waals surface area contributed by atoms with Crippen molar-refractivity contribution in [3.63, 3.8) is 0 Å². The Balaban J connectivity index is 2.14. The summed E-state index contributed by atoms with van der Waals surface area (Å²) >= 11 is 6.00. The topological polar surface area (TPSA) is 68.5 Å². The van der Waals surface area contributed by atoms with Crippen molar-refractivity contribution in [2.45, 2.75) is 0 Å². The molecule has 20 heavy (non-hydrogen) atoms. The predicted molar refractivity (Wildman–Crippen MR) is 76.9 cm³/mol. The van der Waals surface area contributed by atoms with E-state index in [4.69, 9.17) is 11.6 Å². The zero-order valence-electron chi connectivity index (χ0n) is 10.7. The van der Waals surface area contributed by atoms with E-state index in [-0.39, 0.29) is 0 Å². The van der Waals surface area contributed by atoms with Crippen molar-refractivity contribution in [2.75, 3.05) is 12.4 Å². The number of nitrogens with zero attached hydrogens (tertiary/aromatic N) is 5. The third-order valence-electron chi connectivity index (χ3n) is 2.64. The van der Waals surface area contributed by atoms with Gasteiger partial charge >= 0.3 is 0 Å². The lowest BCUT2D eigenvalue weighted by Gasteiger charge is -2.07. The first kappa shape index (κ1) is 12.6. The van der Waals surface area contributed by atoms with Gasteiger partial charge in [-0.1, -0.05) is 23.7 Å². The maximum atomic E-state index is 6.00. The van der Waals surface area contributed by atoms with Crippen LogP contribution in [-0.2, 0) is 0 Å². The first-order valence-electron chi connectivity index (χ1n) is 5.96. The number of aromatic nitrogens is 5. The molecule has 3 rings (SSSR count). The molecule has 0 aliphatic rings. The van der Waals surface area contributed by atoms with Gasteiger partial charge in [-0.05, 0) is 18.2 Å². The van der Waals surface area contributed by atoms with Gasteiger partial charge in [-0.3, -0.25) is 0 Å². The highest BCUT2D eigenvalue weighted by atomic mass is 35.5. The molecule has 100 valence electrons. The lowest BCUT2D eigenvalue weighted by atomic mass is 10.2. The van der Waals surface area contributed by atoms with Gasteiger partial charge in [-0.25, -0.2) is 4.68 Å². The highest BCUT2D eigenvalue weighted by Gasteiger charge is 2.09. The van der Waals surface area contributed by atoms with E-state index in [1.807, 2.05) is 24.3 Å². The molecule has 0 bridgehead atoms. The zero-order valence-corrected chi connectivity index (χ0v) is 11.4. The van der Waals surface area contributed by atoms with Gasteiger partial charge in [-0.2, -0.15) is 20.1 Å². The van der Waals surface area contributed by atoms with Crippen LogP contribution in [-0.4, -0.2) is 31.8 Å². The minimum atomic E-state index is 0.448. The Hall–Kier alpha value is -2.47. The van der Waals surface area contributed by atoms with E-state index in [0.717, 1.165) is 5.56 Å². The van der Waals surface area contributed by atoms with Gasteiger partial charge < -0.3 is 5.32 Å². The number of benzene rings is 1. The lowest BCUT2D eigenvalue weighted by molar-refractivity contribution is 0.800. The van der Waals surface area contributed by atoms with Crippen LogP contribution in [0.4, 0.5) is 5.95 Å². The highest BCUT2D eigenvalue weighted by molar-refractivity contribution is 6.30. The van der Waals surface area contributed by atoms with Gasteiger partial charge in [0.15, 0.2) is 5.82 Å². The third-order valence-corrected chi connectivity index (χ3v) is 2.87. The van der Waals surface area contributed by atoms with Crippen LogP contribution in [0.5, 0.6) is 0 Å². The summed E-state index contributed by atoms with van der Waals surface area (Å²) in [6, 6.07) is 9.17. The molecule has 0 radical (unpaired) electrons. The quantitative estimate of drug-likeness (QED) is 0.801. The van der Waals surface area contributed by atoms with Gasteiger partial charge in [0.05, 0.1) is 0 Å². The second-order valence-electron chi connectivity index (χ2n) is 3.99. The normalized spacial score (nSPS) is 10.5. The number of halogens is 1. The van der Waals surface area contributed by atoms with Crippen molar-refractivity contribution < 1.29 is 0 Å². The van der Waals surface area contributed by atoms with Gasteiger partial charge in [0.25, 0.3) is 5.95 Å². The molecular formula is C13H11ClN6. The van der Waals surface area contributed by atoms with E-state index < -0.39 is 0 Å². The van der Waals surface area contributed by atoms with Crippen LogP contribution in [0.1, 0.15) is 0 Å². The average molecular weight is 287 g/mol. The molecule has 1 N–H and O–H groups in total. The van der Waals surface area contributed by atoms with Crippen molar-refractivity contribution in [2.24, 2.45) is 0 Å². The van der Waals surface area contributed by atoms with Gasteiger partial charge in [0, 0.05) is 30.0 Å². The molecule has 2 heterocycles. The maximum Gasteiger partial charge on any atom is 0.255 e. The Labute approximate surface area is 120 Å². The van der Waals surface area contributed by atoms with E-state index in [9.17, 15) is 0 Å². The molecule has 1 aromatic carbocycles. The summed E-state index contributed by atoms with van der Waals surface area (Å²) in [7, 11) is 1.75. The molecule has 0 saturated heterocycles. The summed E-state index contributed by atoms with van der Waals surface area (Å²) in [4.78, 5) is 13.0. The third kappa shape index (κ3) is 2.46. The molecule has 0 atom stereocenters. The van der Waals surface area contributed by atoms with Crippen LogP contribution in [0.3, 0.4) is 0 Å². The van der Waals surface area contributed by atoms with Crippen LogP contribution < -0.4 is 5.32 Å². The summed E-state index contributed by atoms with van der Waals surface area (Å²) in [5.41, 5.74) is 0.824. The summed E-state index contributed by atoms with van der Waals surface area (Å²) in [6.07, 6.45) is 3.44. The van der Waals surface area contributed by atoms with Gasteiger partial charge in [0.2, 0.25) is 5.95 Å². The average Bonchev–Trinajstić information content (AvgIpc) is 3.01. The van der Waals surface area contributed by atoms with Crippen LogP contribution in [0.25, 0.3) is 17.3 Å². The minimum Gasteiger partial charge on any atom is -0.357 e. The van der Waals surface area contributed by atoms with E-state index in [1.165, 1.54) is 0 Å². The lowest BCUT2D eigenvalue weighted by Crippen LogP contribution is -2.08. The van der Waals surface area contributed by atoms with Crippen molar-refractivity contribution in [3.8, 4) is 17.3 Å². The van der Waals surface area contributed by atoms with Crippen LogP contribution in [0, 0.1) is 0 Å². The molecular weight excluding hydrogens is 276 g/mol. The monoisotopic (exact) mass is 286 g/mol. The van der Waals surface area contributed by atoms with Crippen LogP contribution >= 0.6 is 11.6 Å². The largest absolute Gasteiger partial charge is 0.357 e. The first-order chi connectivity index (χ1) is 9.76. The fourth-order valence-corrected chi connectivity index (χ4v) is 1.91.